The average molecular weight is 473 g/mol. The Morgan fingerprint density at radius 3 is 1.51 bits per heavy atom. The maximum absolute atomic E-state index is 12.6. The van der Waals surface area contributed by atoms with Crippen LogP contribution in [-0.2, 0) is 9.59 Å². The van der Waals surface area contributed by atoms with Gasteiger partial charge in [0, 0.05) is 49.5 Å². The first kappa shape index (κ1) is 25.6. The number of carbonyl (C=O) groups is 2. The van der Waals surface area contributed by atoms with Gasteiger partial charge in [-0.3, -0.25) is 9.59 Å². The summed E-state index contributed by atoms with van der Waals surface area (Å²) in [5.74, 6) is 1.45. The second-order valence-corrected chi connectivity index (χ2v) is 7.92. The van der Waals surface area contributed by atoms with Gasteiger partial charge in [-0.2, -0.15) is 0 Å². The maximum atomic E-state index is 12.6. The lowest BCUT2D eigenvalue weighted by molar-refractivity contribution is -0.128. The molecule has 2 aromatic carbocycles. The van der Waals surface area contributed by atoms with Crippen molar-refractivity contribution in [1.29, 1.82) is 0 Å². The molecular weight excluding hydrogens is 440 g/mol. The summed E-state index contributed by atoms with van der Waals surface area (Å²) < 4.78 is 10.7. The summed E-state index contributed by atoms with van der Waals surface area (Å²) in [6, 6.07) is 15.4. The average Bonchev–Trinajstić information content (AvgIpc) is 3.16. The molecule has 6 heteroatoms. The Balaban J connectivity index is 1.49. The Kier molecular flexibility index (Phi) is 9.93. The molecule has 0 bridgehead atoms. The molecule has 0 aliphatic carbocycles. The van der Waals surface area contributed by atoms with Gasteiger partial charge >= 0.3 is 0 Å². The largest absolute Gasteiger partial charge is 0.496 e. The fourth-order valence-electron chi connectivity index (χ4n) is 3.77. The third kappa shape index (κ3) is 7.74. The van der Waals surface area contributed by atoms with Crippen LogP contribution in [-0.4, -0.2) is 62.0 Å². The SMILES string of the molecule is COc1ccccc1C=CC=CC(=O)N1CCCN(C(=O)C=CC=Cc2ccccc2OC)CC1. The molecule has 6 nitrogen and oxygen atoms in total. The molecule has 3 rings (SSSR count). The third-order valence-corrected chi connectivity index (χ3v) is 5.65. The molecule has 1 saturated heterocycles. The van der Waals surface area contributed by atoms with Crippen molar-refractivity contribution in [2.75, 3.05) is 40.4 Å². The predicted molar refractivity (Wildman–Crippen MR) is 140 cm³/mol. The Morgan fingerprint density at radius 2 is 1.09 bits per heavy atom. The van der Waals surface area contributed by atoms with E-state index in [0.29, 0.717) is 26.2 Å². The maximum Gasteiger partial charge on any atom is 0.246 e. The number of hydrogen-bond acceptors (Lipinski definition) is 4. The summed E-state index contributed by atoms with van der Waals surface area (Å²) in [4.78, 5) is 28.8. The summed E-state index contributed by atoms with van der Waals surface area (Å²) in [7, 11) is 3.27. The Labute approximate surface area is 207 Å². The number of para-hydroxylation sites is 2. The molecule has 0 radical (unpaired) electrons. The highest BCUT2D eigenvalue weighted by Gasteiger charge is 2.19. The van der Waals surface area contributed by atoms with Gasteiger partial charge in [0.05, 0.1) is 14.2 Å². The van der Waals surface area contributed by atoms with Crippen molar-refractivity contribution in [3.05, 3.63) is 96.1 Å². The number of amides is 2. The van der Waals surface area contributed by atoms with Crippen LogP contribution in [0.25, 0.3) is 12.2 Å². The molecule has 0 N–H and O–H groups in total. The molecule has 1 fully saturated rings. The van der Waals surface area contributed by atoms with Crippen LogP contribution >= 0.6 is 0 Å². The molecule has 2 amide bonds. The molecule has 0 atom stereocenters. The lowest BCUT2D eigenvalue weighted by Crippen LogP contribution is -2.36. The third-order valence-electron chi connectivity index (χ3n) is 5.65. The number of rotatable bonds is 8. The molecule has 1 aliphatic heterocycles. The summed E-state index contributed by atoms with van der Waals surface area (Å²) in [6.45, 7) is 2.27. The Morgan fingerprint density at radius 1 is 0.657 bits per heavy atom. The molecule has 0 unspecified atom stereocenters. The highest BCUT2D eigenvalue weighted by Crippen LogP contribution is 2.19. The monoisotopic (exact) mass is 472 g/mol. The predicted octanol–water partition coefficient (Wildman–Crippen LogP) is 4.60. The summed E-state index contributed by atoms with van der Waals surface area (Å²) >= 11 is 0. The quantitative estimate of drug-likeness (QED) is 0.416. The van der Waals surface area contributed by atoms with E-state index in [-0.39, 0.29) is 11.8 Å². The number of allylic oxidation sites excluding steroid dienone is 4. The lowest BCUT2D eigenvalue weighted by atomic mass is 10.2. The van der Waals surface area contributed by atoms with Crippen molar-refractivity contribution in [2.24, 2.45) is 0 Å². The molecular formula is C29H32N2O4. The van der Waals surface area contributed by atoms with Crippen molar-refractivity contribution < 1.29 is 19.1 Å². The van der Waals surface area contributed by atoms with E-state index in [0.717, 1.165) is 29.0 Å². The van der Waals surface area contributed by atoms with Crippen molar-refractivity contribution in [2.45, 2.75) is 6.42 Å². The molecule has 35 heavy (non-hydrogen) atoms. The first-order valence-electron chi connectivity index (χ1n) is 11.7. The van der Waals surface area contributed by atoms with Gasteiger partial charge in [-0.25, -0.2) is 0 Å². The number of methoxy groups -OCH3 is 2. The standard InChI is InChI=1S/C29H32N2O4/c1-34-26-16-7-3-12-24(26)14-5-9-18-28(32)30-20-11-21-31(23-22-30)29(33)19-10-6-15-25-13-4-8-17-27(25)35-2/h3-10,12-19H,11,20-23H2,1-2H3. The van der Waals surface area contributed by atoms with Crippen LogP contribution in [0.15, 0.2) is 85.0 Å². The molecule has 1 heterocycles. The van der Waals surface area contributed by atoms with E-state index in [2.05, 4.69) is 0 Å². The molecule has 2 aromatic rings. The van der Waals surface area contributed by atoms with Crippen LogP contribution in [0, 0.1) is 0 Å². The van der Waals surface area contributed by atoms with Crippen molar-refractivity contribution >= 4 is 24.0 Å². The highest BCUT2D eigenvalue weighted by molar-refractivity contribution is 5.89. The van der Waals surface area contributed by atoms with Crippen molar-refractivity contribution in [3.63, 3.8) is 0 Å². The van der Waals surface area contributed by atoms with Gasteiger partial charge in [0.1, 0.15) is 11.5 Å². The minimum atomic E-state index is -0.0562. The fourth-order valence-corrected chi connectivity index (χ4v) is 3.77. The zero-order valence-corrected chi connectivity index (χ0v) is 20.3. The van der Waals surface area contributed by atoms with Crippen LogP contribution in [0.1, 0.15) is 17.5 Å². The highest BCUT2D eigenvalue weighted by atomic mass is 16.5. The molecule has 0 aromatic heterocycles. The van der Waals surface area contributed by atoms with E-state index in [1.165, 1.54) is 0 Å². The number of hydrogen-bond donors (Lipinski definition) is 0. The zero-order chi connectivity index (χ0) is 24.9. The van der Waals surface area contributed by atoms with Gasteiger partial charge in [-0.1, -0.05) is 72.9 Å². The smallest absolute Gasteiger partial charge is 0.246 e. The number of benzene rings is 2. The molecule has 0 spiro atoms. The van der Waals surface area contributed by atoms with Crippen LogP contribution in [0.5, 0.6) is 11.5 Å². The van der Waals surface area contributed by atoms with Gasteiger partial charge in [0.2, 0.25) is 11.8 Å². The minimum Gasteiger partial charge on any atom is -0.496 e. The lowest BCUT2D eigenvalue weighted by Gasteiger charge is -2.20. The topological polar surface area (TPSA) is 59.1 Å². The van der Waals surface area contributed by atoms with E-state index in [9.17, 15) is 9.59 Å². The van der Waals surface area contributed by atoms with Gasteiger partial charge in [0.25, 0.3) is 0 Å². The number of nitrogens with zero attached hydrogens (tertiary/aromatic N) is 2. The Bertz CT molecular complexity index is 1030. The second-order valence-electron chi connectivity index (χ2n) is 7.92. The normalized spacial score (nSPS) is 14.8. The first-order valence-corrected chi connectivity index (χ1v) is 11.7. The molecule has 182 valence electrons. The van der Waals surface area contributed by atoms with Crippen LogP contribution < -0.4 is 9.47 Å². The van der Waals surface area contributed by atoms with Crippen LogP contribution in [0.4, 0.5) is 0 Å². The molecule has 1 aliphatic rings. The molecule has 0 saturated carbocycles. The van der Waals surface area contributed by atoms with E-state index >= 15 is 0 Å². The summed E-state index contributed by atoms with van der Waals surface area (Å²) in [5, 5.41) is 0. The van der Waals surface area contributed by atoms with Crippen LogP contribution in [0.3, 0.4) is 0 Å². The van der Waals surface area contributed by atoms with E-state index in [4.69, 9.17) is 9.47 Å². The van der Waals surface area contributed by atoms with Gasteiger partial charge in [0.15, 0.2) is 0 Å². The van der Waals surface area contributed by atoms with Crippen LogP contribution in [0.2, 0.25) is 0 Å². The fraction of sp³-hybridized carbons (Fsp3) is 0.241. The minimum absolute atomic E-state index is 0.0562. The van der Waals surface area contributed by atoms with Crippen molar-refractivity contribution in [3.8, 4) is 11.5 Å². The van der Waals surface area contributed by atoms with E-state index in [1.54, 1.807) is 48.3 Å². The van der Waals surface area contributed by atoms with Gasteiger partial charge in [-0.05, 0) is 18.6 Å². The zero-order valence-electron chi connectivity index (χ0n) is 20.3. The van der Waals surface area contributed by atoms with Gasteiger partial charge < -0.3 is 19.3 Å². The van der Waals surface area contributed by atoms with Gasteiger partial charge in [-0.15, -0.1) is 0 Å². The second kappa shape index (κ2) is 13.6. The Hall–Kier alpha value is -4.06. The van der Waals surface area contributed by atoms with Crippen molar-refractivity contribution in [1.82, 2.24) is 9.80 Å². The number of carbonyl (C=O) groups excluding carboxylic acids is 2. The summed E-state index contributed by atoms with van der Waals surface area (Å²) in [6.07, 6.45) is 14.8. The van der Waals surface area contributed by atoms with E-state index in [1.807, 2.05) is 72.8 Å². The number of ether oxygens (including phenoxy) is 2. The van der Waals surface area contributed by atoms with E-state index < -0.39 is 0 Å². The first-order chi connectivity index (χ1) is 17.1. The summed E-state index contributed by atoms with van der Waals surface area (Å²) in [5.41, 5.74) is 1.89.